The number of hydrogen-bond acceptors (Lipinski definition) is 3. The highest BCUT2D eigenvalue weighted by atomic mass is 28.4. The Labute approximate surface area is 151 Å². The van der Waals surface area contributed by atoms with Gasteiger partial charge in [0, 0.05) is 6.42 Å². The molecule has 1 fully saturated rings. The second-order valence-corrected chi connectivity index (χ2v) is 12.0. The molecule has 0 aromatic heterocycles. The quantitative estimate of drug-likeness (QED) is 0.775. The molecule has 1 atom stereocenters. The lowest BCUT2D eigenvalue weighted by Crippen LogP contribution is -2.67. The summed E-state index contributed by atoms with van der Waals surface area (Å²) < 4.78 is 12.4. The first-order valence-electron chi connectivity index (χ1n) is 8.82. The van der Waals surface area contributed by atoms with Crippen molar-refractivity contribution in [2.75, 3.05) is 13.2 Å². The average Bonchev–Trinajstić information content (AvgIpc) is 3.02. The predicted molar refractivity (Wildman–Crippen MR) is 103 cm³/mol. The number of Topliss-reactive ketones (excluding diaryl/α,β-unsaturated/α-hetero) is 1. The first-order valence-corrected chi connectivity index (χ1v) is 10.7. The Morgan fingerprint density at radius 3 is 1.92 bits per heavy atom. The van der Waals surface area contributed by atoms with E-state index in [-0.39, 0.29) is 23.5 Å². The number of rotatable bonds is 5. The molecule has 1 saturated heterocycles. The summed E-state index contributed by atoms with van der Waals surface area (Å²) in [4.78, 5) is 11.5. The standard InChI is InChI=1S/C21H26O3Si/c1-21(2,3)25(19-10-6-4-7-11-19,20-12-8-5-9-13-20)24-16-18-14-17(22)15-23-18/h4-13,18H,14-16H2,1-3H3. The van der Waals surface area contributed by atoms with Gasteiger partial charge in [0.1, 0.15) is 6.61 Å². The van der Waals surface area contributed by atoms with E-state index in [0.29, 0.717) is 13.0 Å². The van der Waals surface area contributed by atoms with Crippen molar-refractivity contribution in [1.82, 2.24) is 0 Å². The first-order chi connectivity index (χ1) is 11.9. The number of benzene rings is 2. The van der Waals surface area contributed by atoms with Crippen molar-refractivity contribution < 1.29 is 14.0 Å². The molecule has 0 aliphatic carbocycles. The largest absolute Gasteiger partial charge is 0.405 e. The lowest BCUT2D eigenvalue weighted by Gasteiger charge is -2.43. The summed E-state index contributed by atoms with van der Waals surface area (Å²) in [6.07, 6.45) is 0.326. The molecule has 1 heterocycles. The molecule has 1 unspecified atom stereocenters. The van der Waals surface area contributed by atoms with Crippen LogP contribution >= 0.6 is 0 Å². The van der Waals surface area contributed by atoms with Crippen LogP contribution in [0.1, 0.15) is 27.2 Å². The zero-order valence-corrected chi connectivity index (χ0v) is 16.2. The number of ketones is 1. The lowest BCUT2D eigenvalue weighted by molar-refractivity contribution is -0.117. The smallest absolute Gasteiger partial charge is 0.261 e. The highest BCUT2D eigenvalue weighted by Crippen LogP contribution is 2.37. The van der Waals surface area contributed by atoms with Gasteiger partial charge in [-0.05, 0) is 15.4 Å². The molecule has 0 radical (unpaired) electrons. The fourth-order valence-electron chi connectivity index (χ4n) is 3.67. The average molecular weight is 355 g/mol. The van der Waals surface area contributed by atoms with E-state index in [2.05, 4.69) is 69.3 Å². The van der Waals surface area contributed by atoms with E-state index < -0.39 is 8.32 Å². The van der Waals surface area contributed by atoms with Crippen molar-refractivity contribution in [3.8, 4) is 0 Å². The molecule has 3 rings (SSSR count). The van der Waals surface area contributed by atoms with Crippen LogP contribution in [0, 0.1) is 0 Å². The van der Waals surface area contributed by atoms with E-state index >= 15 is 0 Å². The SMILES string of the molecule is CC(C)(C)[Si](OCC1CC(=O)CO1)(c1ccccc1)c1ccccc1. The van der Waals surface area contributed by atoms with Crippen LogP contribution in [0.5, 0.6) is 0 Å². The summed E-state index contributed by atoms with van der Waals surface area (Å²) in [5.74, 6) is 0.163. The molecular formula is C21H26O3Si. The third kappa shape index (κ3) is 3.61. The fourth-order valence-corrected chi connectivity index (χ4v) is 8.26. The molecule has 3 nitrogen and oxygen atoms in total. The van der Waals surface area contributed by atoms with Gasteiger partial charge < -0.3 is 9.16 Å². The maximum absolute atomic E-state index is 11.5. The van der Waals surface area contributed by atoms with Crippen LogP contribution in [0.15, 0.2) is 60.7 Å². The number of ether oxygens (including phenoxy) is 1. The van der Waals surface area contributed by atoms with Crippen molar-refractivity contribution in [1.29, 1.82) is 0 Å². The Balaban J connectivity index is 2.04. The van der Waals surface area contributed by atoms with E-state index in [1.165, 1.54) is 10.4 Å². The third-order valence-corrected chi connectivity index (χ3v) is 9.84. The molecule has 0 amide bonds. The molecule has 0 bridgehead atoms. The molecule has 0 N–H and O–H groups in total. The van der Waals surface area contributed by atoms with Gasteiger partial charge in [-0.3, -0.25) is 4.79 Å². The molecule has 25 heavy (non-hydrogen) atoms. The molecule has 1 aliphatic heterocycles. The van der Waals surface area contributed by atoms with Crippen LogP contribution in [-0.4, -0.2) is 33.4 Å². The number of carbonyl (C=O) groups excluding carboxylic acids is 1. The van der Waals surface area contributed by atoms with Gasteiger partial charge in [0.15, 0.2) is 5.78 Å². The van der Waals surface area contributed by atoms with Gasteiger partial charge in [-0.15, -0.1) is 0 Å². The number of hydrogen-bond donors (Lipinski definition) is 0. The Morgan fingerprint density at radius 1 is 1.00 bits per heavy atom. The topological polar surface area (TPSA) is 35.5 Å². The van der Waals surface area contributed by atoms with Crippen molar-refractivity contribution in [3.63, 3.8) is 0 Å². The maximum Gasteiger partial charge on any atom is 0.261 e. The zero-order chi connectivity index (χ0) is 17.9. The van der Waals surface area contributed by atoms with Gasteiger partial charge in [0.2, 0.25) is 0 Å². The summed E-state index contributed by atoms with van der Waals surface area (Å²) in [6.45, 7) is 7.42. The van der Waals surface area contributed by atoms with Crippen LogP contribution in [0.2, 0.25) is 5.04 Å². The van der Waals surface area contributed by atoms with Gasteiger partial charge in [0.25, 0.3) is 8.32 Å². The van der Waals surface area contributed by atoms with Crippen molar-refractivity contribution in [2.45, 2.75) is 38.3 Å². The Morgan fingerprint density at radius 2 is 1.52 bits per heavy atom. The minimum atomic E-state index is -2.53. The Kier molecular flexibility index (Phi) is 5.23. The Bertz CT molecular complexity index is 667. The van der Waals surface area contributed by atoms with E-state index in [1.54, 1.807) is 0 Å². The van der Waals surface area contributed by atoms with Gasteiger partial charge in [0.05, 0.1) is 12.7 Å². The molecule has 1 aliphatic rings. The van der Waals surface area contributed by atoms with Crippen molar-refractivity contribution in [3.05, 3.63) is 60.7 Å². The fraction of sp³-hybridized carbons (Fsp3) is 0.381. The zero-order valence-electron chi connectivity index (χ0n) is 15.2. The molecule has 2 aromatic carbocycles. The summed E-state index contributed by atoms with van der Waals surface area (Å²) in [5, 5.41) is 2.44. The highest BCUT2D eigenvalue weighted by molar-refractivity contribution is 6.99. The van der Waals surface area contributed by atoms with Gasteiger partial charge in [-0.1, -0.05) is 81.4 Å². The van der Waals surface area contributed by atoms with E-state index in [9.17, 15) is 4.79 Å². The molecule has 4 heteroatoms. The first kappa shape index (κ1) is 18.1. The minimum absolute atomic E-state index is 0.0572. The van der Waals surface area contributed by atoms with Gasteiger partial charge >= 0.3 is 0 Å². The maximum atomic E-state index is 11.5. The second kappa shape index (κ2) is 7.24. The molecule has 2 aromatic rings. The van der Waals surface area contributed by atoms with Gasteiger partial charge in [-0.2, -0.15) is 0 Å². The normalized spacial score (nSPS) is 18.5. The van der Waals surface area contributed by atoms with Crippen molar-refractivity contribution >= 4 is 24.5 Å². The summed E-state index contributed by atoms with van der Waals surface area (Å²) >= 11 is 0. The summed E-state index contributed by atoms with van der Waals surface area (Å²) in [6, 6.07) is 21.1. The molecule has 0 saturated carbocycles. The molecule has 132 valence electrons. The van der Waals surface area contributed by atoms with Crippen LogP contribution in [0.25, 0.3) is 0 Å². The minimum Gasteiger partial charge on any atom is -0.405 e. The van der Waals surface area contributed by atoms with E-state index in [4.69, 9.17) is 9.16 Å². The van der Waals surface area contributed by atoms with Crippen molar-refractivity contribution in [2.24, 2.45) is 0 Å². The highest BCUT2D eigenvalue weighted by Gasteiger charge is 2.50. The van der Waals surface area contributed by atoms with E-state index in [1.807, 2.05) is 12.1 Å². The van der Waals surface area contributed by atoms with Crippen LogP contribution in [0.4, 0.5) is 0 Å². The summed E-state index contributed by atoms with van der Waals surface area (Å²) in [5.41, 5.74) is 0. The number of carbonyl (C=O) groups is 1. The second-order valence-electron chi connectivity index (χ2n) is 7.65. The van der Waals surface area contributed by atoms with Crippen LogP contribution < -0.4 is 10.4 Å². The molecule has 0 spiro atoms. The monoisotopic (exact) mass is 354 g/mol. The van der Waals surface area contributed by atoms with Crippen LogP contribution in [0.3, 0.4) is 0 Å². The van der Waals surface area contributed by atoms with Gasteiger partial charge in [-0.25, -0.2) is 0 Å². The van der Waals surface area contributed by atoms with E-state index in [0.717, 1.165) is 0 Å². The lowest BCUT2D eigenvalue weighted by atomic mass is 10.2. The molecular weight excluding hydrogens is 328 g/mol. The third-order valence-electron chi connectivity index (χ3n) is 4.84. The predicted octanol–water partition coefficient (Wildman–Crippen LogP) is 2.92. The summed E-state index contributed by atoms with van der Waals surface area (Å²) in [7, 11) is -2.53. The Hall–Kier alpha value is -1.75. The van der Waals surface area contributed by atoms with Crippen LogP contribution in [-0.2, 0) is 14.0 Å².